The number of alkyl carbamates (subject to hydrolysis) is 2. The van der Waals surface area contributed by atoms with Crippen molar-refractivity contribution in [2.45, 2.75) is 139 Å². The summed E-state index contributed by atoms with van der Waals surface area (Å²) in [6.45, 7) is 6.51. The molecule has 282 valence electrons. The Morgan fingerprint density at radius 1 is 1.04 bits per heavy atom. The maximum atomic E-state index is 14.2. The number of pyridine rings is 1. The van der Waals surface area contributed by atoms with Gasteiger partial charge in [0.05, 0.1) is 29.7 Å². The van der Waals surface area contributed by atoms with Crippen LogP contribution in [0.25, 0.3) is 0 Å². The summed E-state index contributed by atoms with van der Waals surface area (Å²) in [5.74, 6) is -2.92. The molecule has 1 aromatic rings. The van der Waals surface area contributed by atoms with Crippen LogP contribution in [-0.2, 0) is 33.9 Å². The summed E-state index contributed by atoms with van der Waals surface area (Å²) in [6, 6.07) is -0.314. The quantitative estimate of drug-likeness (QED) is 0.322. The summed E-state index contributed by atoms with van der Waals surface area (Å²) >= 11 is 0. The molecule has 51 heavy (non-hydrogen) atoms. The molecule has 4 aliphatic rings. The van der Waals surface area contributed by atoms with Crippen LogP contribution in [0.5, 0.6) is 0 Å². The van der Waals surface area contributed by atoms with Crippen molar-refractivity contribution < 1.29 is 46.3 Å². The molecule has 6 atom stereocenters. The SMILES string of the molecule is C[C@@H](NC(=O)O[C@@H]1C[C@H]2C(=O)N[C@]3(C(=O)NS(=O)(=O)C4CC4)C[C@H]3CCCCCCC[C@H](NC(=O)OC(C)(C)C)C(=O)N2C1)c1ccc(F)cn1. The molecule has 0 radical (unpaired) electrons. The summed E-state index contributed by atoms with van der Waals surface area (Å²) in [4.78, 5) is 73.0. The number of nitrogens with zero attached hydrogens (tertiary/aromatic N) is 2. The minimum absolute atomic E-state index is 0.129. The summed E-state index contributed by atoms with van der Waals surface area (Å²) < 4.78 is 52.1. The number of hydrogen-bond acceptors (Lipinski definition) is 10. The minimum Gasteiger partial charge on any atom is -0.444 e. The van der Waals surface area contributed by atoms with Gasteiger partial charge in [0, 0.05) is 6.42 Å². The number of halogens is 1. The van der Waals surface area contributed by atoms with Gasteiger partial charge in [-0.1, -0.05) is 32.1 Å². The van der Waals surface area contributed by atoms with Gasteiger partial charge in [-0.2, -0.15) is 0 Å². The van der Waals surface area contributed by atoms with Gasteiger partial charge in [-0.25, -0.2) is 22.4 Å². The predicted octanol–water partition coefficient (Wildman–Crippen LogP) is 3.10. The van der Waals surface area contributed by atoms with E-state index in [1.54, 1.807) is 27.7 Å². The second-order valence-electron chi connectivity index (χ2n) is 15.1. The summed E-state index contributed by atoms with van der Waals surface area (Å²) in [5.41, 5.74) is -1.93. The van der Waals surface area contributed by atoms with Gasteiger partial charge in [0.1, 0.15) is 35.1 Å². The van der Waals surface area contributed by atoms with Crippen LogP contribution in [-0.4, -0.2) is 89.3 Å². The van der Waals surface area contributed by atoms with Crippen molar-refractivity contribution >= 4 is 39.9 Å². The van der Waals surface area contributed by atoms with Crippen LogP contribution >= 0.6 is 0 Å². The standard InChI is InChI=1S/C34H49FN6O9S/c1-20(25-15-12-22(35)18-36-25)37-31(45)49-23-16-27-28(42)39-34(30(44)40-51(47,48)24-13-14-24)17-21(34)10-8-6-5-7-9-11-26(29(43)41(27)19-23)38-32(46)50-33(2,3)4/h12,15,18,20-21,23-24,26-27H,5-11,13-14,16-17,19H2,1-4H3,(H,37,45)(H,38,46)(H,39,42)(H,40,44)/t20-,21-,23-,26+,27+,34-/m1/s1. The largest absolute Gasteiger partial charge is 0.444 e. The van der Waals surface area contributed by atoms with Crippen molar-refractivity contribution in [2.75, 3.05) is 6.54 Å². The first kappa shape index (κ1) is 38.2. The van der Waals surface area contributed by atoms with Crippen molar-refractivity contribution in [1.82, 2.24) is 30.6 Å². The molecule has 0 spiro atoms. The molecule has 5 rings (SSSR count). The number of fused-ring (bicyclic) bond motifs is 2. The number of amides is 5. The Bertz CT molecular complexity index is 1600. The number of hydrogen-bond donors (Lipinski definition) is 4. The van der Waals surface area contributed by atoms with Gasteiger partial charge in [-0.3, -0.25) is 24.1 Å². The molecular weight excluding hydrogens is 687 g/mol. The predicted molar refractivity (Wildman–Crippen MR) is 181 cm³/mol. The number of sulfonamides is 1. The molecule has 17 heteroatoms. The number of rotatable bonds is 7. The number of carbonyl (C=O) groups excluding carboxylic acids is 5. The van der Waals surface area contributed by atoms with E-state index in [4.69, 9.17) is 9.47 Å². The average molecular weight is 737 g/mol. The summed E-state index contributed by atoms with van der Waals surface area (Å²) in [7, 11) is -3.90. The molecule has 5 amide bonds. The first-order chi connectivity index (χ1) is 24.0. The lowest BCUT2D eigenvalue weighted by Gasteiger charge is -2.30. The zero-order valence-electron chi connectivity index (χ0n) is 29.5. The number of ether oxygens (including phenoxy) is 2. The maximum absolute atomic E-state index is 14.2. The molecule has 3 heterocycles. The van der Waals surface area contributed by atoms with E-state index < -0.39 is 86.4 Å². The minimum atomic E-state index is -3.90. The van der Waals surface area contributed by atoms with Gasteiger partial charge in [-0.15, -0.1) is 0 Å². The van der Waals surface area contributed by atoms with E-state index in [0.29, 0.717) is 31.4 Å². The van der Waals surface area contributed by atoms with Crippen molar-refractivity contribution in [3.05, 3.63) is 29.8 Å². The highest BCUT2D eigenvalue weighted by molar-refractivity contribution is 7.91. The van der Waals surface area contributed by atoms with Gasteiger partial charge >= 0.3 is 12.2 Å². The lowest BCUT2D eigenvalue weighted by atomic mass is 10.0. The Kier molecular flexibility index (Phi) is 11.5. The molecule has 0 unspecified atom stereocenters. The first-order valence-corrected chi connectivity index (χ1v) is 19.3. The Morgan fingerprint density at radius 3 is 2.37 bits per heavy atom. The van der Waals surface area contributed by atoms with Crippen LogP contribution < -0.4 is 20.7 Å². The third-order valence-corrected chi connectivity index (χ3v) is 11.6. The fourth-order valence-electron chi connectivity index (χ4n) is 6.78. The fraction of sp³-hybridized carbons (Fsp3) is 0.706. The van der Waals surface area contributed by atoms with Gasteiger partial charge in [-0.05, 0) is 77.8 Å². The van der Waals surface area contributed by atoms with Crippen LogP contribution in [0.4, 0.5) is 14.0 Å². The first-order valence-electron chi connectivity index (χ1n) is 17.7. The number of carbonyl (C=O) groups is 5. The smallest absolute Gasteiger partial charge is 0.408 e. The molecule has 2 aliphatic heterocycles. The molecule has 2 saturated heterocycles. The van der Waals surface area contributed by atoms with Crippen molar-refractivity contribution in [3.63, 3.8) is 0 Å². The van der Waals surface area contributed by atoms with Crippen LogP contribution in [0.1, 0.15) is 110 Å². The van der Waals surface area contributed by atoms with Crippen LogP contribution in [0, 0.1) is 11.7 Å². The van der Waals surface area contributed by atoms with Crippen molar-refractivity contribution in [1.29, 1.82) is 0 Å². The Hall–Kier alpha value is -4.02. The lowest BCUT2D eigenvalue weighted by molar-refractivity contribution is -0.141. The Labute approximate surface area is 297 Å². The maximum Gasteiger partial charge on any atom is 0.408 e. The van der Waals surface area contributed by atoms with E-state index in [-0.39, 0.29) is 31.7 Å². The third kappa shape index (κ3) is 9.86. The van der Waals surface area contributed by atoms with Gasteiger partial charge in [0.25, 0.3) is 5.91 Å². The molecular formula is C34H49FN6O9S. The number of aromatic nitrogens is 1. The molecule has 4 fully saturated rings. The topological polar surface area (TPSA) is 202 Å². The lowest BCUT2D eigenvalue weighted by Crippen LogP contribution is -2.58. The summed E-state index contributed by atoms with van der Waals surface area (Å²) in [6.07, 6.45) is 4.09. The van der Waals surface area contributed by atoms with E-state index in [0.717, 1.165) is 31.9 Å². The third-order valence-electron chi connectivity index (χ3n) is 9.74. The second kappa shape index (κ2) is 15.3. The Balaban J connectivity index is 1.38. The van der Waals surface area contributed by atoms with E-state index in [1.807, 2.05) is 0 Å². The normalized spacial score (nSPS) is 28.1. The van der Waals surface area contributed by atoms with Crippen LogP contribution in [0.2, 0.25) is 0 Å². The van der Waals surface area contributed by atoms with Crippen LogP contribution in [0.3, 0.4) is 0 Å². The average Bonchev–Trinajstić information content (AvgIpc) is 3.96. The molecule has 2 saturated carbocycles. The van der Waals surface area contributed by atoms with E-state index in [2.05, 4.69) is 25.7 Å². The van der Waals surface area contributed by atoms with Gasteiger partial charge < -0.3 is 30.3 Å². The molecule has 2 aliphatic carbocycles. The number of nitrogens with one attached hydrogen (secondary N) is 4. The zero-order valence-corrected chi connectivity index (χ0v) is 30.4. The molecule has 4 N–H and O–H groups in total. The molecule has 0 aromatic carbocycles. The highest BCUT2D eigenvalue weighted by Gasteiger charge is 2.62. The van der Waals surface area contributed by atoms with E-state index in [9.17, 15) is 36.8 Å². The summed E-state index contributed by atoms with van der Waals surface area (Å²) in [5, 5.41) is 7.46. The second-order valence-corrected chi connectivity index (χ2v) is 17.1. The van der Waals surface area contributed by atoms with E-state index >= 15 is 0 Å². The van der Waals surface area contributed by atoms with Crippen molar-refractivity contribution in [2.24, 2.45) is 5.92 Å². The van der Waals surface area contributed by atoms with E-state index in [1.165, 1.54) is 17.0 Å². The van der Waals surface area contributed by atoms with Gasteiger partial charge in [0.2, 0.25) is 21.8 Å². The van der Waals surface area contributed by atoms with Crippen molar-refractivity contribution in [3.8, 4) is 0 Å². The monoisotopic (exact) mass is 736 g/mol. The van der Waals surface area contributed by atoms with Gasteiger partial charge in [0.15, 0.2) is 0 Å². The molecule has 0 bridgehead atoms. The molecule has 15 nitrogen and oxygen atoms in total. The zero-order chi connectivity index (χ0) is 37.1. The molecule has 1 aromatic heterocycles. The van der Waals surface area contributed by atoms with Crippen LogP contribution in [0.15, 0.2) is 18.3 Å². The highest BCUT2D eigenvalue weighted by atomic mass is 32.2. The Morgan fingerprint density at radius 2 is 1.73 bits per heavy atom. The fourth-order valence-corrected chi connectivity index (χ4v) is 8.15. The highest BCUT2D eigenvalue weighted by Crippen LogP contribution is 2.48.